The molecule has 1 aromatic rings. The second-order valence-electron chi connectivity index (χ2n) is 4.68. The highest BCUT2D eigenvalue weighted by molar-refractivity contribution is 5.85. The van der Waals surface area contributed by atoms with Crippen molar-refractivity contribution in [1.82, 2.24) is 15.3 Å². The molecule has 2 heterocycles. The lowest BCUT2D eigenvalue weighted by Crippen LogP contribution is -2.33. The number of aromatic nitrogens is 2. The molecule has 2 rings (SSSR count). The largest absolute Gasteiger partial charge is 0.463 e. The van der Waals surface area contributed by atoms with Gasteiger partial charge in [-0.15, -0.1) is 0 Å². The SMILES string of the molecule is COC(=O)c1nccc(N(C)C2CCCNCC2)n1. The molecule has 1 aliphatic rings. The molecule has 6 heteroatoms. The summed E-state index contributed by atoms with van der Waals surface area (Å²) < 4.78 is 4.64. The Kier molecular flexibility index (Phi) is 4.68. The normalized spacial score (nSPS) is 19.6. The minimum atomic E-state index is -0.502. The van der Waals surface area contributed by atoms with Crippen LogP contribution >= 0.6 is 0 Å². The van der Waals surface area contributed by atoms with Gasteiger partial charge in [0.25, 0.3) is 0 Å². The maximum atomic E-state index is 11.4. The van der Waals surface area contributed by atoms with Crippen LogP contribution in [0.3, 0.4) is 0 Å². The molecule has 6 nitrogen and oxygen atoms in total. The van der Waals surface area contributed by atoms with Gasteiger partial charge in [-0.1, -0.05) is 0 Å². The van der Waals surface area contributed by atoms with Crippen molar-refractivity contribution in [2.24, 2.45) is 0 Å². The molecule has 19 heavy (non-hydrogen) atoms. The molecule has 0 saturated carbocycles. The maximum Gasteiger partial charge on any atom is 0.376 e. The van der Waals surface area contributed by atoms with E-state index >= 15 is 0 Å². The number of hydrogen-bond donors (Lipinski definition) is 1. The van der Waals surface area contributed by atoms with Crippen molar-refractivity contribution in [2.45, 2.75) is 25.3 Å². The molecule has 1 aliphatic heterocycles. The summed E-state index contributed by atoms with van der Waals surface area (Å²) >= 11 is 0. The van der Waals surface area contributed by atoms with Crippen LogP contribution in [0.2, 0.25) is 0 Å². The van der Waals surface area contributed by atoms with Crippen molar-refractivity contribution >= 4 is 11.8 Å². The predicted molar refractivity (Wildman–Crippen MR) is 72.3 cm³/mol. The summed E-state index contributed by atoms with van der Waals surface area (Å²) in [5.41, 5.74) is 0. The minimum Gasteiger partial charge on any atom is -0.463 e. The van der Waals surface area contributed by atoms with Gasteiger partial charge in [0.2, 0.25) is 5.82 Å². The first-order chi connectivity index (χ1) is 9.22. The molecule has 1 saturated heterocycles. The Morgan fingerprint density at radius 1 is 1.47 bits per heavy atom. The number of ether oxygens (including phenoxy) is 1. The van der Waals surface area contributed by atoms with Crippen molar-refractivity contribution in [2.75, 3.05) is 32.1 Å². The average Bonchev–Trinajstić information content (AvgIpc) is 2.75. The van der Waals surface area contributed by atoms with Gasteiger partial charge in [-0.2, -0.15) is 0 Å². The van der Waals surface area contributed by atoms with Gasteiger partial charge in [-0.3, -0.25) is 0 Å². The van der Waals surface area contributed by atoms with Gasteiger partial charge in [-0.25, -0.2) is 14.8 Å². The van der Waals surface area contributed by atoms with E-state index in [1.54, 1.807) is 6.20 Å². The topological polar surface area (TPSA) is 67.3 Å². The molecule has 1 N–H and O–H groups in total. The Morgan fingerprint density at radius 2 is 2.32 bits per heavy atom. The van der Waals surface area contributed by atoms with Crippen LogP contribution in [0, 0.1) is 0 Å². The summed E-state index contributed by atoms with van der Waals surface area (Å²) in [5.74, 6) is 0.374. The summed E-state index contributed by atoms with van der Waals surface area (Å²) in [6.07, 6.45) is 4.96. The van der Waals surface area contributed by atoms with E-state index in [9.17, 15) is 4.79 Å². The van der Waals surface area contributed by atoms with Gasteiger partial charge in [0.05, 0.1) is 7.11 Å². The number of rotatable bonds is 3. The van der Waals surface area contributed by atoms with Crippen LogP contribution in [0.5, 0.6) is 0 Å². The Hall–Kier alpha value is -1.69. The first kappa shape index (κ1) is 13.7. The molecule has 0 aromatic carbocycles. The molecule has 1 atom stereocenters. The Bertz CT molecular complexity index is 430. The summed E-state index contributed by atoms with van der Waals surface area (Å²) in [5, 5.41) is 3.39. The standard InChI is InChI=1S/C13H20N4O2/c1-17(10-4-3-7-14-8-5-10)11-6-9-15-12(16-11)13(18)19-2/h6,9-10,14H,3-5,7-8H2,1-2H3. The first-order valence-corrected chi connectivity index (χ1v) is 6.57. The van der Waals surface area contributed by atoms with E-state index in [-0.39, 0.29) is 5.82 Å². The maximum absolute atomic E-state index is 11.4. The van der Waals surface area contributed by atoms with Gasteiger partial charge in [-0.05, 0) is 38.4 Å². The zero-order valence-corrected chi connectivity index (χ0v) is 11.4. The highest BCUT2D eigenvalue weighted by Crippen LogP contribution is 2.18. The molecule has 0 bridgehead atoms. The molecule has 0 radical (unpaired) electrons. The van der Waals surface area contributed by atoms with E-state index in [0.29, 0.717) is 6.04 Å². The van der Waals surface area contributed by atoms with Gasteiger partial charge in [0.15, 0.2) is 0 Å². The van der Waals surface area contributed by atoms with Crippen LogP contribution in [-0.2, 0) is 4.74 Å². The lowest BCUT2D eigenvalue weighted by atomic mass is 10.1. The fourth-order valence-electron chi connectivity index (χ4n) is 2.31. The highest BCUT2D eigenvalue weighted by atomic mass is 16.5. The summed E-state index contributed by atoms with van der Waals surface area (Å²) in [6, 6.07) is 2.26. The summed E-state index contributed by atoms with van der Waals surface area (Å²) in [4.78, 5) is 21.8. The highest BCUT2D eigenvalue weighted by Gasteiger charge is 2.19. The number of methoxy groups -OCH3 is 1. The fourth-order valence-corrected chi connectivity index (χ4v) is 2.31. The minimum absolute atomic E-state index is 0.110. The smallest absolute Gasteiger partial charge is 0.376 e. The predicted octanol–water partition coefficient (Wildman–Crippen LogP) is 0.841. The van der Waals surface area contributed by atoms with E-state index < -0.39 is 5.97 Å². The Balaban J connectivity index is 2.13. The third kappa shape index (κ3) is 3.41. The van der Waals surface area contributed by atoms with Crippen LogP contribution < -0.4 is 10.2 Å². The average molecular weight is 264 g/mol. The molecule has 1 unspecified atom stereocenters. The van der Waals surface area contributed by atoms with E-state index in [1.165, 1.54) is 7.11 Å². The third-order valence-corrected chi connectivity index (χ3v) is 3.46. The number of esters is 1. The summed E-state index contributed by atoms with van der Waals surface area (Å²) in [6.45, 7) is 2.09. The molecule has 0 amide bonds. The van der Waals surface area contributed by atoms with Crippen molar-refractivity contribution < 1.29 is 9.53 Å². The lowest BCUT2D eigenvalue weighted by molar-refractivity contribution is 0.0586. The number of hydrogen-bond acceptors (Lipinski definition) is 6. The monoisotopic (exact) mass is 264 g/mol. The number of carbonyl (C=O) groups is 1. The van der Waals surface area contributed by atoms with E-state index in [1.807, 2.05) is 13.1 Å². The Labute approximate surface area is 113 Å². The van der Waals surface area contributed by atoms with Crippen LogP contribution in [0.1, 0.15) is 29.9 Å². The second-order valence-corrected chi connectivity index (χ2v) is 4.68. The number of nitrogens with zero attached hydrogens (tertiary/aromatic N) is 3. The Morgan fingerprint density at radius 3 is 3.11 bits per heavy atom. The first-order valence-electron chi connectivity index (χ1n) is 6.57. The van der Waals surface area contributed by atoms with Crippen molar-refractivity contribution in [3.05, 3.63) is 18.1 Å². The molecule has 1 fully saturated rings. The van der Waals surface area contributed by atoms with Gasteiger partial charge >= 0.3 is 5.97 Å². The quantitative estimate of drug-likeness (QED) is 0.816. The lowest BCUT2D eigenvalue weighted by Gasteiger charge is -2.28. The zero-order valence-electron chi connectivity index (χ0n) is 11.4. The van der Waals surface area contributed by atoms with Gasteiger partial charge in [0.1, 0.15) is 5.82 Å². The zero-order chi connectivity index (χ0) is 13.7. The molecule has 1 aromatic heterocycles. The van der Waals surface area contributed by atoms with Crippen molar-refractivity contribution in [3.63, 3.8) is 0 Å². The van der Waals surface area contributed by atoms with E-state index in [4.69, 9.17) is 0 Å². The molecular weight excluding hydrogens is 244 g/mol. The van der Waals surface area contributed by atoms with Gasteiger partial charge in [0, 0.05) is 19.3 Å². The molecule has 0 spiro atoms. The number of nitrogens with one attached hydrogen (secondary N) is 1. The third-order valence-electron chi connectivity index (χ3n) is 3.46. The molecular formula is C13H20N4O2. The van der Waals surface area contributed by atoms with E-state index in [2.05, 4.69) is 24.9 Å². The van der Waals surface area contributed by atoms with Crippen molar-refractivity contribution in [1.29, 1.82) is 0 Å². The number of carbonyl (C=O) groups excluding carboxylic acids is 1. The molecule has 0 aliphatic carbocycles. The van der Waals surface area contributed by atoms with Crippen LogP contribution in [0.4, 0.5) is 5.82 Å². The molecule has 104 valence electrons. The summed E-state index contributed by atoms with van der Waals surface area (Å²) in [7, 11) is 3.35. The fraction of sp³-hybridized carbons (Fsp3) is 0.615. The number of anilines is 1. The second kappa shape index (κ2) is 6.47. The van der Waals surface area contributed by atoms with Crippen molar-refractivity contribution in [3.8, 4) is 0 Å². The van der Waals surface area contributed by atoms with Crippen LogP contribution in [0.25, 0.3) is 0 Å². The van der Waals surface area contributed by atoms with Crippen LogP contribution in [0.15, 0.2) is 12.3 Å². The van der Waals surface area contributed by atoms with E-state index in [0.717, 1.165) is 38.2 Å². The van der Waals surface area contributed by atoms with Gasteiger partial charge < -0.3 is 15.0 Å². The van der Waals surface area contributed by atoms with Crippen LogP contribution in [-0.4, -0.2) is 49.2 Å².